The molecule has 1 saturated carbocycles. The molecule has 1 aromatic rings. The fourth-order valence-electron chi connectivity index (χ4n) is 5.40. The largest absolute Gasteiger partial charge is 0.367 e. The van der Waals surface area contributed by atoms with E-state index in [2.05, 4.69) is 35.2 Å². The molecule has 0 bridgehead atoms. The lowest BCUT2D eigenvalue weighted by molar-refractivity contribution is -0.137. The van der Waals surface area contributed by atoms with Crippen LogP contribution in [0.5, 0.6) is 0 Å². The van der Waals surface area contributed by atoms with Gasteiger partial charge in [-0.2, -0.15) is 0 Å². The van der Waals surface area contributed by atoms with Gasteiger partial charge in [-0.05, 0) is 63.6 Å². The third-order valence-corrected chi connectivity index (χ3v) is 6.95. The van der Waals surface area contributed by atoms with Crippen LogP contribution in [0, 0.1) is 0 Å². The molecule has 1 spiro atoms. The second-order valence-electron chi connectivity index (χ2n) is 8.49. The standard InChI is InChI=1S/C22H32N2O2/c1-17(25)23(2)19-10-12-22(16-20(19)24-14-6-7-15-24)13-11-21(26-22)18-8-4-3-5-9-18/h3-5,8-9,19-21H,6-7,10-16H2,1-2H3/t19-,20-,21?,22+/m0/s1. The van der Waals surface area contributed by atoms with Gasteiger partial charge in [0.2, 0.25) is 5.91 Å². The summed E-state index contributed by atoms with van der Waals surface area (Å²) in [6, 6.07) is 11.4. The molecule has 4 heteroatoms. The van der Waals surface area contributed by atoms with Crippen LogP contribution < -0.4 is 0 Å². The van der Waals surface area contributed by atoms with Crippen molar-refractivity contribution < 1.29 is 9.53 Å². The molecule has 1 unspecified atom stereocenters. The molecule has 1 aromatic carbocycles. The van der Waals surface area contributed by atoms with Crippen molar-refractivity contribution in [1.29, 1.82) is 0 Å². The predicted octanol–water partition coefficient (Wildman–Crippen LogP) is 3.77. The van der Waals surface area contributed by atoms with Crippen molar-refractivity contribution in [2.75, 3.05) is 20.1 Å². The van der Waals surface area contributed by atoms with Gasteiger partial charge in [-0.25, -0.2) is 0 Å². The average molecular weight is 357 g/mol. The summed E-state index contributed by atoms with van der Waals surface area (Å²) >= 11 is 0. The van der Waals surface area contributed by atoms with Gasteiger partial charge in [0.25, 0.3) is 0 Å². The molecule has 0 radical (unpaired) electrons. The molecule has 4 atom stereocenters. The van der Waals surface area contributed by atoms with Crippen molar-refractivity contribution in [3.05, 3.63) is 35.9 Å². The Balaban J connectivity index is 1.52. The van der Waals surface area contributed by atoms with Gasteiger partial charge in [-0.1, -0.05) is 30.3 Å². The molecule has 4 rings (SSSR count). The average Bonchev–Trinajstić information content (AvgIpc) is 3.32. The number of hydrogen-bond acceptors (Lipinski definition) is 3. The minimum absolute atomic E-state index is 0.00188. The normalized spacial score (nSPS) is 35.1. The Morgan fingerprint density at radius 3 is 2.54 bits per heavy atom. The number of carbonyl (C=O) groups is 1. The molecule has 0 N–H and O–H groups in total. The number of ether oxygens (including phenoxy) is 1. The van der Waals surface area contributed by atoms with E-state index in [-0.39, 0.29) is 17.6 Å². The van der Waals surface area contributed by atoms with Crippen molar-refractivity contribution >= 4 is 5.91 Å². The minimum Gasteiger partial charge on any atom is -0.367 e. The smallest absolute Gasteiger partial charge is 0.219 e. The Hall–Kier alpha value is -1.39. The highest BCUT2D eigenvalue weighted by molar-refractivity contribution is 5.73. The van der Waals surface area contributed by atoms with Gasteiger partial charge in [-0.3, -0.25) is 9.69 Å². The Bertz CT molecular complexity index is 628. The fraction of sp³-hybridized carbons (Fsp3) is 0.682. The summed E-state index contributed by atoms with van der Waals surface area (Å²) in [5, 5.41) is 0. The van der Waals surface area contributed by atoms with Crippen LogP contribution in [0.3, 0.4) is 0 Å². The molecule has 1 amide bonds. The molecule has 26 heavy (non-hydrogen) atoms. The third-order valence-electron chi connectivity index (χ3n) is 6.95. The minimum atomic E-state index is 0.00188. The van der Waals surface area contributed by atoms with Gasteiger partial charge in [0.15, 0.2) is 0 Å². The summed E-state index contributed by atoms with van der Waals surface area (Å²) in [6.45, 7) is 4.04. The molecule has 3 aliphatic rings. The van der Waals surface area contributed by atoms with Gasteiger partial charge in [0.1, 0.15) is 0 Å². The second-order valence-corrected chi connectivity index (χ2v) is 8.49. The van der Waals surface area contributed by atoms with Crippen LogP contribution >= 0.6 is 0 Å². The number of hydrogen-bond donors (Lipinski definition) is 0. The number of rotatable bonds is 3. The summed E-state index contributed by atoms with van der Waals surface area (Å²) in [4.78, 5) is 16.6. The van der Waals surface area contributed by atoms with E-state index in [1.807, 2.05) is 11.9 Å². The van der Waals surface area contributed by atoms with Crippen LogP contribution in [0.15, 0.2) is 30.3 Å². The van der Waals surface area contributed by atoms with Crippen molar-refractivity contribution in [3.63, 3.8) is 0 Å². The maximum atomic E-state index is 12.0. The van der Waals surface area contributed by atoms with E-state index in [9.17, 15) is 4.79 Å². The van der Waals surface area contributed by atoms with Crippen LogP contribution in [0.25, 0.3) is 0 Å². The van der Waals surface area contributed by atoms with Crippen LogP contribution in [-0.4, -0.2) is 53.5 Å². The second kappa shape index (κ2) is 7.32. The monoisotopic (exact) mass is 356 g/mol. The lowest BCUT2D eigenvalue weighted by Gasteiger charge is -2.48. The first-order valence-corrected chi connectivity index (χ1v) is 10.3. The molecule has 4 nitrogen and oxygen atoms in total. The summed E-state index contributed by atoms with van der Waals surface area (Å²) in [7, 11) is 1.98. The van der Waals surface area contributed by atoms with Gasteiger partial charge < -0.3 is 9.64 Å². The SMILES string of the molecule is CC(=O)N(C)[C@H]1CC[C@@]2(CCC(c3ccccc3)O2)C[C@@H]1N1CCCC1. The molecule has 0 aromatic heterocycles. The zero-order valence-electron chi connectivity index (χ0n) is 16.2. The molecule has 1 aliphatic carbocycles. The fourth-order valence-corrected chi connectivity index (χ4v) is 5.40. The maximum Gasteiger partial charge on any atom is 0.219 e. The number of nitrogens with zero attached hydrogens (tertiary/aromatic N) is 2. The number of likely N-dealkylation sites (N-methyl/N-ethyl adjacent to an activating group) is 1. The number of amides is 1. The Morgan fingerprint density at radius 2 is 1.85 bits per heavy atom. The van der Waals surface area contributed by atoms with Crippen molar-refractivity contribution in [3.8, 4) is 0 Å². The van der Waals surface area contributed by atoms with Gasteiger partial charge >= 0.3 is 0 Å². The lowest BCUT2D eigenvalue weighted by Crippen LogP contribution is -2.57. The quantitative estimate of drug-likeness (QED) is 0.826. The molecule has 142 valence electrons. The first-order valence-electron chi connectivity index (χ1n) is 10.3. The van der Waals surface area contributed by atoms with Crippen molar-refractivity contribution in [1.82, 2.24) is 9.80 Å². The first kappa shape index (κ1) is 18.0. The number of benzene rings is 1. The van der Waals surface area contributed by atoms with Gasteiger partial charge in [0, 0.05) is 26.1 Å². The maximum absolute atomic E-state index is 12.0. The van der Waals surface area contributed by atoms with Crippen molar-refractivity contribution in [2.24, 2.45) is 0 Å². The summed E-state index contributed by atoms with van der Waals surface area (Å²) in [6.07, 6.45) is 8.26. The zero-order valence-corrected chi connectivity index (χ0v) is 16.2. The summed E-state index contributed by atoms with van der Waals surface area (Å²) < 4.78 is 6.72. The van der Waals surface area contributed by atoms with Crippen LogP contribution in [0.4, 0.5) is 0 Å². The topological polar surface area (TPSA) is 32.8 Å². The molecule has 2 saturated heterocycles. The van der Waals surface area contributed by atoms with E-state index in [4.69, 9.17) is 4.74 Å². The predicted molar refractivity (Wildman–Crippen MR) is 103 cm³/mol. The van der Waals surface area contributed by atoms with E-state index in [1.54, 1.807) is 6.92 Å². The van der Waals surface area contributed by atoms with E-state index < -0.39 is 0 Å². The highest BCUT2D eigenvalue weighted by Gasteiger charge is 2.49. The first-order chi connectivity index (χ1) is 12.6. The van der Waals surface area contributed by atoms with E-state index >= 15 is 0 Å². The number of carbonyl (C=O) groups excluding carboxylic acids is 1. The Labute approximate surface area is 157 Å². The van der Waals surface area contributed by atoms with Crippen LogP contribution in [-0.2, 0) is 9.53 Å². The third kappa shape index (κ3) is 3.41. The number of likely N-dealkylation sites (tertiary alicyclic amines) is 1. The summed E-state index contributed by atoms with van der Waals surface area (Å²) in [5.74, 6) is 0.185. The Morgan fingerprint density at radius 1 is 1.15 bits per heavy atom. The van der Waals surface area contributed by atoms with E-state index in [1.165, 1.54) is 31.5 Å². The van der Waals surface area contributed by atoms with Gasteiger partial charge in [0.05, 0.1) is 11.7 Å². The molecular weight excluding hydrogens is 324 g/mol. The molecule has 2 heterocycles. The van der Waals surface area contributed by atoms with E-state index in [0.29, 0.717) is 12.1 Å². The molecule has 2 aliphatic heterocycles. The van der Waals surface area contributed by atoms with Crippen LogP contribution in [0.2, 0.25) is 0 Å². The highest BCUT2D eigenvalue weighted by Crippen LogP contribution is 2.48. The van der Waals surface area contributed by atoms with Crippen LogP contribution in [0.1, 0.15) is 63.5 Å². The zero-order chi connectivity index (χ0) is 18.1. The Kier molecular flexibility index (Phi) is 5.07. The summed E-state index contributed by atoms with van der Waals surface area (Å²) in [5.41, 5.74) is 1.31. The van der Waals surface area contributed by atoms with Gasteiger partial charge in [-0.15, -0.1) is 0 Å². The highest BCUT2D eigenvalue weighted by atomic mass is 16.5. The van der Waals surface area contributed by atoms with Crippen molar-refractivity contribution in [2.45, 2.75) is 75.7 Å². The molecular formula is C22H32N2O2. The van der Waals surface area contributed by atoms with E-state index in [0.717, 1.165) is 32.1 Å². The lowest BCUT2D eigenvalue weighted by atomic mass is 9.76. The molecule has 3 fully saturated rings.